The molecule has 5 heteroatoms. The van der Waals surface area contributed by atoms with E-state index < -0.39 is 0 Å². The molecule has 1 amide bonds. The first-order valence-corrected chi connectivity index (χ1v) is 7.29. The highest BCUT2D eigenvalue weighted by atomic mass is 16.5. The lowest BCUT2D eigenvalue weighted by atomic mass is 9.92. The van der Waals surface area contributed by atoms with E-state index in [0.717, 1.165) is 25.7 Å². The van der Waals surface area contributed by atoms with Crippen LogP contribution in [0.1, 0.15) is 52.9 Å². The Hall–Kier alpha value is -1.10. The van der Waals surface area contributed by atoms with Crippen LogP contribution in [0.3, 0.4) is 0 Å². The van der Waals surface area contributed by atoms with Gasteiger partial charge in [-0.1, -0.05) is 20.8 Å². The van der Waals surface area contributed by atoms with Crippen molar-refractivity contribution in [3.8, 4) is 0 Å². The summed E-state index contributed by atoms with van der Waals surface area (Å²) in [6.07, 6.45) is 4.15. The predicted molar refractivity (Wildman–Crippen MR) is 76.2 cm³/mol. The normalized spacial score (nSPS) is 23.2. The Kier molecular flexibility index (Phi) is 6.46. The average molecular weight is 285 g/mol. The van der Waals surface area contributed by atoms with Gasteiger partial charge in [0.05, 0.1) is 6.10 Å². The first-order valence-electron chi connectivity index (χ1n) is 7.29. The van der Waals surface area contributed by atoms with E-state index in [1.165, 1.54) is 0 Å². The van der Waals surface area contributed by atoms with Crippen LogP contribution >= 0.6 is 0 Å². The molecule has 1 aliphatic carbocycles. The molecule has 1 saturated carbocycles. The van der Waals surface area contributed by atoms with Gasteiger partial charge in [0, 0.05) is 20.0 Å². The smallest absolute Gasteiger partial charge is 0.325 e. The van der Waals surface area contributed by atoms with Gasteiger partial charge in [-0.15, -0.1) is 0 Å². The third-order valence-electron chi connectivity index (χ3n) is 3.33. The van der Waals surface area contributed by atoms with Crippen LogP contribution in [-0.4, -0.2) is 37.7 Å². The fourth-order valence-corrected chi connectivity index (χ4v) is 2.37. The van der Waals surface area contributed by atoms with E-state index in [9.17, 15) is 9.59 Å². The minimum Gasteiger partial charge on any atom is -0.461 e. The fourth-order valence-electron chi connectivity index (χ4n) is 2.37. The number of rotatable bonds is 5. The van der Waals surface area contributed by atoms with Crippen molar-refractivity contribution >= 4 is 11.9 Å². The molecular formula is C15H27NO4. The predicted octanol–water partition coefficient (Wildman–Crippen LogP) is 2.04. The molecule has 0 bridgehead atoms. The summed E-state index contributed by atoms with van der Waals surface area (Å²) < 4.78 is 10.7. The lowest BCUT2D eigenvalue weighted by Crippen LogP contribution is -2.36. The molecule has 1 aliphatic rings. The molecule has 20 heavy (non-hydrogen) atoms. The fraction of sp³-hybridized carbons (Fsp3) is 0.867. The lowest BCUT2D eigenvalue weighted by Gasteiger charge is -2.28. The minimum absolute atomic E-state index is 0.0525. The quantitative estimate of drug-likeness (QED) is 0.785. The van der Waals surface area contributed by atoms with Gasteiger partial charge in [0.1, 0.15) is 12.6 Å². The monoisotopic (exact) mass is 285 g/mol. The van der Waals surface area contributed by atoms with E-state index >= 15 is 0 Å². The molecule has 0 aliphatic heterocycles. The van der Waals surface area contributed by atoms with Gasteiger partial charge in [-0.25, -0.2) is 0 Å². The van der Waals surface area contributed by atoms with Gasteiger partial charge in [0.25, 0.3) is 0 Å². The van der Waals surface area contributed by atoms with Gasteiger partial charge in [-0.3, -0.25) is 9.59 Å². The third-order valence-corrected chi connectivity index (χ3v) is 3.33. The second-order valence-electron chi connectivity index (χ2n) is 6.65. The van der Waals surface area contributed by atoms with Crippen LogP contribution in [0.2, 0.25) is 0 Å². The Balaban J connectivity index is 2.24. The van der Waals surface area contributed by atoms with E-state index in [0.29, 0.717) is 6.42 Å². The Labute approximate surface area is 121 Å². The van der Waals surface area contributed by atoms with E-state index in [4.69, 9.17) is 9.47 Å². The maximum atomic E-state index is 11.7. The lowest BCUT2D eigenvalue weighted by molar-refractivity contribution is -0.152. The highest BCUT2D eigenvalue weighted by Crippen LogP contribution is 2.23. The summed E-state index contributed by atoms with van der Waals surface area (Å²) in [6.45, 7) is 5.90. The Morgan fingerprint density at radius 2 is 1.85 bits per heavy atom. The van der Waals surface area contributed by atoms with E-state index in [2.05, 4.69) is 5.32 Å². The number of ether oxygens (including phenoxy) is 2. The van der Waals surface area contributed by atoms with E-state index in [1.807, 2.05) is 20.8 Å². The molecule has 0 unspecified atom stereocenters. The molecule has 1 rings (SSSR count). The molecule has 0 heterocycles. The zero-order valence-electron chi connectivity index (χ0n) is 13.0. The largest absolute Gasteiger partial charge is 0.461 e. The van der Waals surface area contributed by atoms with Gasteiger partial charge >= 0.3 is 5.97 Å². The minimum atomic E-state index is -0.367. The molecule has 2 atom stereocenters. The van der Waals surface area contributed by atoms with Gasteiger partial charge in [-0.05, 0) is 24.7 Å². The van der Waals surface area contributed by atoms with Crippen LogP contribution in [0.5, 0.6) is 0 Å². The first-order chi connectivity index (χ1) is 9.30. The molecule has 0 aromatic rings. The first kappa shape index (κ1) is 17.0. The molecule has 0 radical (unpaired) electrons. The number of hydrogen-bond acceptors (Lipinski definition) is 4. The Morgan fingerprint density at radius 1 is 1.20 bits per heavy atom. The summed E-state index contributed by atoms with van der Waals surface area (Å²) in [6, 6.07) is 0. The molecule has 0 saturated heterocycles. The Morgan fingerprint density at radius 3 is 2.45 bits per heavy atom. The summed E-state index contributed by atoms with van der Waals surface area (Å²) >= 11 is 0. The second-order valence-corrected chi connectivity index (χ2v) is 6.65. The maximum Gasteiger partial charge on any atom is 0.325 e. The highest BCUT2D eigenvalue weighted by Gasteiger charge is 2.25. The molecule has 1 N–H and O–H groups in total. The second kappa shape index (κ2) is 7.62. The number of amides is 1. The van der Waals surface area contributed by atoms with Crippen molar-refractivity contribution in [1.29, 1.82) is 0 Å². The number of esters is 1. The van der Waals surface area contributed by atoms with Crippen LogP contribution in [0.25, 0.3) is 0 Å². The van der Waals surface area contributed by atoms with Crippen LogP contribution in [0, 0.1) is 5.41 Å². The Bertz CT molecular complexity index is 335. The molecule has 116 valence electrons. The van der Waals surface area contributed by atoms with Crippen LogP contribution < -0.4 is 5.32 Å². The van der Waals surface area contributed by atoms with Crippen molar-refractivity contribution < 1.29 is 19.1 Å². The molecule has 5 nitrogen and oxygen atoms in total. The van der Waals surface area contributed by atoms with Crippen molar-refractivity contribution in [2.75, 3.05) is 13.7 Å². The van der Waals surface area contributed by atoms with Crippen molar-refractivity contribution in [1.82, 2.24) is 5.32 Å². The number of carbonyl (C=O) groups is 2. The summed E-state index contributed by atoms with van der Waals surface area (Å²) in [4.78, 5) is 23.3. The summed E-state index contributed by atoms with van der Waals surface area (Å²) in [5.74, 6) is -0.484. The number of nitrogens with one attached hydrogen (secondary N) is 1. The summed E-state index contributed by atoms with van der Waals surface area (Å²) in [5, 5.41) is 2.61. The zero-order chi connectivity index (χ0) is 15.2. The average Bonchev–Trinajstić information content (AvgIpc) is 2.34. The van der Waals surface area contributed by atoms with Crippen molar-refractivity contribution in [2.24, 2.45) is 5.41 Å². The van der Waals surface area contributed by atoms with Crippen LogP contribution in [0.15, 0.2) is 0 Å². The van der Waals surface area contributed by atoms with Gasteiger partial charge in [-0.2, -0.15) is 0 Å². The molecule has 0 aromatic carbocycles. The maximum absolute atomic E-state index is 11.7. The zero-order valence-corrected chi connectivity index (χ0v) is 13.0. The molecule has 0 spiro atoms. The highest BCUT2D eigenvalue weighted by molar-refractivity contribution is 5.82. The standard InChI is InChI=1S/C15H27NO4/c1-15(2,3)9-13(17)16-10-14(18)20-12-7-5-6-11(8-12)19-4/h11-12H,5-10H2,1-4H3,(H,16,17)/t11-,12+/m1/s1. The van der Waals surface area contributed by atoms with Crippen LogP contribution in [-0.2, 0) is 19.1 Å². The molecular weight excluding hydrogens is 258 g/mol. The third kappa shape index (κ3) is 6.89. The number of methoxy groups -OCH3 is 1. The molecule has 1 fully saturated rings. The van der Waals surface area contributed by atoms with Crippen LogP contribution in [0.4, 0.5) is 0 Å². The summed E-state index contributed by atoms with van der Waals surface area (Å²) in [7, 11) is 1.68. The van der Waals surface area contributed by atoms with Crippen molar-refractivity contribution in [3.05, 3.63) is 0 Å². The molecule has 0 aromatic heterocycles. The van der Waals surface area contributed by atoms with Gasteiger partial charge in [0.2, 0.25) is 5.91 Å². The SMILES string of the molecule is CO[C@@H]1CCC[C@H](OC(=O)CNC(=O)CC(C)(C)C)C1. The topological polar surface area (TPSA) is 64.6 Å². The van der Waals surface area contributed by atoms with Gasteiger partial charge in [0.15, 0.2) is 0 Å². The van der Waals surface area contributed by atoms with E-state index in [1.54, 1.807) is 7.11 Å². The van der Waals surface area contributed by atoms with Gasteiger partial charge < -0.3 is 14.8 Å². The summed E-state index contributed by atoms with van der Waals surface area (Å²) in [5.41, 5.74) is -0.0803. The van der Waals surface area contributed by atoms with E-state index in [-0.39, 0.29) is 36.0 Å². The number of hydrogen-bond donors (Lipinski definition) is 1. The van der Waals surface area contributed by atoms with Crippen molar-refractivity contribution in [3.63, 3.8) is 0 Å². The number of carbonyl (C=O) groups excluding carboxylic acids is 2. The van der Waals surface area contributed by atoms with Crippen molar-refractivity contribution in [2.45, 2.75) is 65.1 Å².